The summed E-state index contributed by atoms with van der Waals surface area (Å²) in [6.45, 7) is 9.66. The first-order valence-electron chi connectivity index (χ1n) is 9.43. The van der Waals surface area contributed by atoms with Gasteiger partial charge in [-0.1, -0.05) is 29.3 Å². The van der Waals surface area contributed by atoms with Crippen LogP contribution in [0.5, 0.6) is 0 Å². The SMILES string of the molecule is CCCC(NC(=O)Nc1ccc(Br)cc1)C(=O)NCP(OC(C)C)OC(C)C. The van der Waals surface area contributed by atoms with Crippen LogP contribution in [0.25, 0.3) is 0 Å². The van der Waals surface area contributed by atoms with Gasteiger partial charge < -0.3 is 25.0 Å². The number of halogens is 1. The third-order valence-electron chi connectivity index (χ3n) is 3.34. The number of rotatable bonds is 11. The smallest absolute Gasteiger partial charge is 0.319 e. The topological polar surface area (TPSA) is 88.7 Å². The zero-order valence-corrected chi connectivity index (χ0v) is 19.6. The molecule has 9 heteroatoms. The quantitative estimate of drug-likeness (QED) is 0.394. The highest BCUT2D eigenvalue weighted by Gasteiger charge is 2.22. The minimum Gasteiger partial charge on any atom is -0.346 e. The van der Waals surface area contributed by atoms with Crippen LogP contribution in [-0.4, -0.2) is 36.5 Å². The predicted molar refractivity (Wildman–Crippen MR) is 117 cm³/mol. The third kappa shape index (κ3) is 10.4. The highest BCUT2D eigenvalue weighted by atomic mass is 79.9. The van der Waals surface area contributed by atoms with Gasteiger partial charge in [0, 0.05) is 10.2 Å². The fourth-order valence-corrected chi connectivity index (χ4v) is 3.94. The van der Waals surface area contributed by atoms with Crippen molar-refractivity contribution >= 4 is 41.9 Å². The molecule has 3 amide bonds. The van der Waals surface area contributed by atoms with Crippen LogP contribution in [0, 0.1) is 0 Å². The van der Waals surface area contributed by atoms with E-state index >= 15 is 0 Å². The van der Waals surface area contributed by atoms with Crippen molar-refractivity contribution in [3.05, 3.63) is 28.7 Å². The second-order valence-corrected chi connectivity index (χ2v) is 9.11. The third-order valence-corrected chi connectivity index (χ3v) is 5.60. The van der Waals surface area contributed by atoms with Crippen molar-refractivity contribution in [1.82, 2.24) is 10.6 Å². The molecule has 0 aliphatic carbocycles. The van der Waals surface area contributed by atoms with Crippen LogP contribution < -0.4 is 16.0 Å². The lowest BCUT2D eigenvalue weighted by molar-refractivity contribution is -0.122. The Balaban J connectivity index is 2.60. The number of carbonyl (C=O) groups excluding carboxylic acids is 2. The lowest BCUT2D eigenvalue weighted by Crippen LogP contribution is -2.48. The van der Waals surface area contributed by atoms with Crippen molar-refractivity contribution in [3.8, 4) is 0 Å². The Bertz CT molecular complexity index is 604. The van der Waals surface area contributed by atoms with E-state index in [1.165, 1.54) is 0 Å². The van der Waals surface area contributed by atoms with E-state index in [0.29, 0.717) is 12.1 Å². The first-order valence-corrected chi connectivity index (χ1v) is 11.6. The van der Waals surface area contributed by atoms with Gasteiger partial charge in [0.2, 0.25) is 5.91 Å². The van der Waals surface area contributed by atoms with Gasteiger partial charge in [-0.2, -0.15) is 0 Å². The van der Waals surface area contributed by atoms with Crippen molar-refractivity contribution in [2.24, 2.45) is 0 Å². The second-order valence-electron chi connectivity index (χ2n) is 6.79. The molecule has 0 bridgehead atoms. The van der Waals surface area contributed by atoms with Crippen LogP contribution in [0.1, 0.15) is 47.5 Å². The van der Waals surface area contributed by atoms with Gasteiger partial charge in [-0.25, -0.2) is 4.79 Å². The summed E-state index contributed by atoms with van der Waals surface area (Å²) in [7, 11) is -1.23. The minimum atomic E-state index is -1.23. The molecule has 1 rings (SSSR count). The van der Waals surface area contributed by atoms with Crippen LogP contribution in [0.3, 0.4) is 0 Å². The highest BCUT2D eigenvalue weighted by Crippen LogP contribution is 2.39. The molecule has 7 nitrogen and oxygen atoms in total. The van der Waals surface area contributed by atoms with E-state index in [-0.39, 0.29) is 24.4 Å². The summed E-state index contributed by atoms with van der Waals surface area (Å²) in [6, 6.07) is 6.16. The Kier molecular flexibility index (Phi) is 11.6. The molecule has 0 heterocycles. The first kappa shape index (κ1) is 24.8. The number of amides is 3. The van der Waals surface area contributed by atoms with Crippen LogP contribution >= 0.6 is 24.3 Å². The van der Waals surface area contributed by atoms with Crippen molar-refractivity contribution in [2.75, 3.05) is 11.6 Å². The molecule has 0 fully saturated rings. The van der Waals surface area contributed by atoms with E-state index in [1.54, 1.807) is 12.1 Å². The molecule has 0 aromatic heterocycles. The summed E-state index contributed by atoms with van der Waals surface area (Å²) in [5, 5.41) is 8.32. The standard InChI is InChI=1S/C19H31BrN3O4P/c1-6-7-17(23-19(25)22-16-10-8-15(20)9-11-16)18(24)21-12-28(26-13(2)3)27-14(4)5/h8-11,13-14,17H,6-7,12H2,1-5H3,(H,21,24)(H2,22,23,25). The fourth-order valence-electron chi connectivity index (χ4n) is 2.25. The molecular weight excluding hydrogens is 445 g/mol. The summed E-state index contributed by atoms with van der Waals surface area (Å²) < 4.78 is 12.4. The lowest BCUT2D eigenvalue weighted by atomic mass is 10.1. The van der Waals surface area contributed by atoms with Crippen molar-refractivity contribution in [1.29, 1.82) is 0 Å². The maximum Gasteiger partial charge on any atom is 0.319 e. The number of nitrogens with one attached hydrogen (secondary N) is 3. The van der Waals surface area contributed by atoms with E-state index in [4.69, 9.17) is 9.05 Å². The summed E-state index contributed by atoms with van der Waals surface area (Å²) in [5.74, 6) is -0.250. The molecule has 1 unspecified atom stereocenters. The Hall–Kier alpha value is -1.21. The number of urea groups is 1. The molecule has 158 valence electrons. The highest BCUT2D eigenvalue weighted by molar-refractivity contribution is 9.10. The molecule has 1 aromatic rings. The monoisotopic (exact) mass is 475 g/mol. The normalized spacial score (nSPS) is 12.3. The Morgan fingerprint density at radius 3 is 2.14 bits per heavy atom. The molecular formula is C19H31BrN3O4P. The summed E-state index contributed by atoms with van der Waals surface area (Å²) in [6.07, 6.45) is 1.58. The zero-order chi connectivity index (χ0) is 21.1. The fraction of sp³-hybridized carbons (Fsp3) is 0.579. The maximum atomic E-state index is 12.6. The molecule has 0 saturated heterocycles. The van der Waals surface area contributed by atoms with Crippen molar-refractivity contribution in [3.63, 3.8) is 0 Å². The van der Waals surface area contributed by atoms with E-state index in [2.05, 4.69) is 31.9 Å². The molecule has 0 spiro atoms. The van der Waals surface area contributed by atoms with Gasteiger partial charge in [0.05, 0.1) is 18.5 Å². The van der Waals surface area contributed by atoms with Gasteiger partial charge in [-0.15, -0.1) is 0 Å². The molecule has 1 atom stereocenters. The largest absolute Gasteiger partial charge is 0.346 e. The molecule has 3 N–H and O–H groups in total. The van der Waals surface area contributed by atoms with E-state index in [9.17, 15) is 9.59 Å². The van der Waals surface area contributed by atoms with Crippen molar-refractivity contribution in [2.45, 2.75) is 65.7 Å². The van der Waals surface area contributed by atoms with E-state index in [0.717, 1.165) is 10.9 Å². The van der Waals surface area contributed by atoms with Crippen LogP contribution in [0.4, 0.5) is 10.5 Å². The minimum absolute atomic E-state index is 0.00279. The lowest BCUT2D eigenvalue weighted by Gasteiger charge is -2.24. The van der Waals surface area contributed by atoms with Gasteiger partial charge in [0.15, 0.2) is 8.38 Å². The molecule has 0 aliphatic heterocycles. The number of benzene rings is 1. The van der Waals surface area contributed by atoms with Gasteiger partial charge in [-0.05, 0) is 58.4 Å². The Labute approximate surface area is 177 Å². The molecule has 1 aromatic carbocycles. The van der Waals surface area contributed by atoms with Crippen LogP contribution in [-0.2, 0) is 13.8 Å². The molecule has 0 saturated carbocycles. The molecule has 0 radical (unpaired) electrons. The molecule has 28 heavy (non-hydrogen) atoms. The Morgan fingerprint density at radius 1 is 1.07 bits per heavy atom. The first-order chi connectivity index (χ1) is 13.2. The van der Waals surface area contributed by atoms with Crippen LogP contribution in [0.2, 0.25) is 0 Å². The predicted octanol–water partition coefficient (Wildman–Crippen LogP) is 4.97. The Morgan fingerprint density at radius 2 is 1.64 bits per heavy atom. The van der Waals surface area contributed by atoms with E-state index < -0.39 is 20.4 Å². The maximum absolute atomic E-state index is 12.6. The summed E-state index contributed by atoms with van der Waals surface area (Å²) in [5.41, 5.74) is 0.649. The van der Waals surface area contributed by atoms with Gasteiger partial charge in [0.25, 0.3) is 0 Å². The number of hydrogen-bond donors (Lipinski definition) is 3. The summed E-state index contributed by atoms with van der Waals surface area (Å²) >= 11 is 3.35. The van der Waals surface area contributed by atoms with Gasteiger partial charge in [0.1, 0.15) is 6.04 Å². The second kappa shape index (κ2) is 13.1. The molecule has 0 aliphatic rings. The van der Waals surface area contributed by atoms with Gasteiger partial charge >= 0.3 is 6.03 Å². The number of hydrogen-bond acceptors (Lipinski definition) is 4. The zero-order valence-electron chi connectivity index (χ0n) is 17.1. The average molecular weight is 476 g/mol. The number of carbonyl (C=O) groups is 2. The van der Waals surface area contributed by atoms with Crippen molar-refractivity contribution < 1.29 is 18.6 Å². The summed E-state index contributed by atoms with van der Waals surface area (Å²) in [4.78, 5) is 24.8. The average Bonchev–Trinajstić information content (AvgIpc) is 2.60. The van der Waals surface area contributed by atoms with E-state index in [1.807, 2.05) is 46.8 Å². The number of anilines is 1. The van der Waals surface area contributed by atoms with Crippen LogP contribution in [0.15, 0.2) is 28.7 Å². The van der Waals surface area contributed by atoms with Gasteiger partial charge in [-0.3, -0.25) is 4.79 Å².